The molecule has 0 spiro atoms. The minimum atomic E-state index is -5.79. The van der Waals surface area contributed by atoms with Crippen molar-refractivity contribution in [1.29, 1.82) is 0 Å². The maximum absolute atomic E-state index is 14.3. The van der Waals surface area contributed by atoms with E-state index < -0.39 is 48.2 Å². The molecule has 204 valence electrons. The maximum Gasteiger partial charge on any atom is 0.429 e. The highest BCUT2D eigenvalue weighted by molar-refractivity contribution is 9.10. The molecule has 0 bridgehead atoms. The van der Waals surface area contributed by atoms with E-state index in [9.17, 15) is 31.1 Å². The lowest BCUT2D eigenvalue weighted by molar-refractivity contribution is -0.369. The highest BCUT2D eigenvalue weighted by Crippen LogP contribution is 2.56. The van der Waals surface area contributed by atoms with Gasteiger partial charge in [-0.05, 0) is 48.0 Å². The van der Waals surface area contributed by atoms with E-state index in [0.29, 0.717) is 17.7 Å². The first-order valence-electron chi connectivity index (χ1n) is 11.4. The number of ether oxygens (including phenoxy) is 1. The van der Waals surface area contributed by atoms with Crippen LogP contribution in [-0.2, 0) is 25.0 Å². The number of carbonyl (C=O) groups excluding carboxylic acids is 1. The third-order valence-corrected chi connectivity index (χ3v) is 12.0. The van der Waals surface area contributed by atoms with Crippen LogP contribution in [0.5, 0.6) is 0 Å². The lowest BCUT2D eigenvalue weighted by Crippen LogP contribution is -2.62. The molecule has 1 amide bonds. The molecule has 3 rings (SSSR count). The van der Waals surface area contributed by atoms with Gasteiger partial charge in [0.15, 0.2) is 8.32 Å². The fraction of sp³-hybridized carbons (Fsp3) is 0.480. The van der Waals surface area contributed by atoms with Crippen LogP contribution in [0.4, 0.5) is 32.0 Å². The van der Waals surface area contributed by atoms with Gasteiger partial charge in [0, 0.05) is 15.7 Å². The lowest BCUT2D eigenvalue weighted by atomic mass is 9.77. The molecule has 1 aliphatic rings. The van der Waals surface area contributed by atoms with Gasteiger partial charge >= 0.3 is 12.4 Å². The first-order valence-corrected chi connectivity index (χ1v) is 15.1. The van der Waals surface area contributed by atoms with Crippen molar-refractivity contribution in [3.05, 3.63) is 64.1 Å². The number of hydrogen-bond acceptors (Lipinski definition) is 3. The molecule has 0 radical (unpaired) electrons. The lowest BCUT2D eigenvalue weighted by Gasteiger charge is -2.46. The molecule has 2 aromatic carbocycles. The van der Waals surface area contributed by atoms with Gasteiger partial charge in [-0.3, -0.25) is 4.79 Å². The summed E-state index contributed by atoms with van der Waals surface area (Å²) < 4.78 is 97.0. The average Bonchev–Trinajstić information content (AvgIpc) is 2.70. The van der Waals surface area contributed by atoms with E-state index in [2.05, 4.69) is 21.2 Å². The van der Waals surface area contributed by atoms with Gasteiger partial charge in [0.25, 0.3) is 5.60 Å². The van der Waals surface area contributed by atoms with Crippen molar-refractivity contribution in [2.24, 2.45) is 0 Å². The molecule has 4 nitrogen and oxygen atoms in total. The summed E-state index contributed by atoms with van der Waals surface area (Å²) in [6.45, 7) is 7.50. The van der Waals surface area contributed by atoms with Crippen molar-refractivity contribution < 1.29 is 40.3 Å². The van der Waals surface area contributed by atoms with Crippen LogP contribution < -0.4 is 5.32 Å². The fourth-order valence-electron chi connectivity index (χ4n) is 3.74. The molecule has 0 aromatic heterocycles. The fourth-order valence-corrected chi connectivity index (χ4v) is 5.43. The van der Waals surface area contributed by atoms with E-state index in [0.717, 1.165) is 16.6 Å². The van der Waals surface area contributed by atoms with Gasteiger partial charge in [-0.1, -0.05) is 61.0 Å². The zero-order chi connectivity index (χ0) is 28.1. The van der Waals surface area contributed by atoms with E-state index in [1.165, 1.54) is 13.1 Å². The van der Waals surface area contributed by atoms with Gasteiger partial charge in [0.05, 0.1) is 13.2 Å². The predicted octanol–water partition coefficient (Wildman–Crippen LogP) is 7.70. The smallest absolute Gasteiger partial charge is 0.393 e. The first kappa shape index (κ1) is 29.7. The van der Waals surface area contributed by atoms with Crippen LogP contribution in [-0.4, -0.2) is 39.8 Å². The van der Waals surface area contributed by atoms with E-state index in [1.807, 2.05) is 0 Å². The minimum Gasteiger partial charge on any atom is -0.393 e. The number of benzene rings is 2. The molecule has 0 saturated carbocycles. The second-order valence-electron chi connectivity index (χ2n) is 10.7. The molecule has 1 aliphatic heterocycles. The summed E-state index contributed by atoms with van der Waals surface area (Å²) in [6, 6.07) is 10.4. The van der Waals surface area contributed by atoms with Gasteiger partial charge in [-0.25, -0.2) is 0 Å². The van der Waals surface area contributed by atoms with Crippen molar-refractivity contribution in [1.82, 2.24) is 0 Å². The Morgan fingerprint density at radius 1 is 0.919 bits per heavy atom. The predicted molar refractivity (Wildman–Crippen MR) is 134 cm³/mol. The Balaban J connectivity index is 1.98. The number of hydrogen-bond donors (Lipinski definition) is 1. The van der Waals surface area contributed by atoms with Crippen molar-refractivity contribution in [3.63, 3.8) is 0 Å². The van der Waals surface area contributed by atoms with Gasteiger partial charge in [-0.15, -0.1) is 0 Å². The standard InChI is InChI=1S/C25H28BrF6NO3Si/c1-21(2,3)37(4,5)36-23(24(27,28)29,25(30,31)32)17-8-12-19(13-9-17)33-20(34)22(14-35-15-22)16-6-10-18(26)11-7-16/h6-13H,14-15H2,1-5H3,(H,33,34). The molecule has 0 aliphatic carbocycles. The summed E-state index contributed by atoms with van der Waals surface area (Å²) in [7, 11) is -3.57. The topological polar surface area (TPSA) is 47.6 Å². The molecule has 1 N–H and O–H groups in total. The summed E-state index contributed by atoms with van der Waals surface area (Å²) in [6.07, 6.45) is -11.6. The van der Waals surface area contributed by atoms with Crippen LogP contribution in [0.1, 0.15) is 31.9 Å². The Labute approximate surface area is 221 Å². The van der Waals surface area contributed by atoms with E-state index in [4.69, 9.17) is 9.16 Å². The molecule has 0 unspecified atom stereocenters. The molecule has 1 fully saturated rings. The number of carbonyl (C=O) groups is 1. The van der Waals surface area contributed by atoms with Crippen LogP contribution in [0.2, 0.25) is 18.1 Å². The number of amides is 1. The Kier molecular flexibility index (Phi) is 7.77. The van der Waals surface area contributed by atoms with Crippen LogP contribution in [0.15, 0.2) is 53.0 Å². The number of rotatable bonds is 6. The van der Waals surface area contributed by atoms with Gasteiger partial charge in [-0.2, -0.15) is 26.3 Å². The zero-order valence-electron chi connectivity index (χ0n) is 20.9. The second-order valence-corrected chi connectivity index (χ2v) is 16.3. The van der Waals surface area contributed by atoms with Crippen LogP contribution in [0.25, 0.3) is 0 Å². The first-order chi connectivity index (χ1) is 16.8. The Morgan fingerprint density at radius 3 is 1.78 bits per heavy atom. The van der Waals surface area contributed by atoms with Gasteiger partial charge in [0.1, 0.15) is 5.41 Å². The summed E-state index contributed by atoms with van der Waals surface area (Å²) in [5.41, 5.74) is -5.93. The summed E-state index contributed by atoms with van der Waals surface area (Å²) in [5, 5.41) is 1.68. The molecule has 12 heteroatoms. The Bertz CT molecular complexity index is 1110. The van der Waals surface area contributed by atoms with E-state index >= 15 is 0 Å². The highest BCUT2D eigenvalue weighted by Gasteiger charge is 2.75. The van der Waals surface area contributed by atoms with Gasteiger partial charge in [0.2, 0.25) is 5.91 Å². The summed E-state index contributed by atoms with van der Waals surface area (Å²) in [4.78, 5) is 13.1. The SMILES string of the molecule is CC(C)(C)[Si](C)(C)OC(c1ccc(NC(=O)C2(c3ccc(Br)cc3)COC2)cc1)(C(F)(F)F)C(F)(F)F. The summed E-state index contributed by atoms with van der Waals surface area (Å²) >= 11 is 3.32. The van der Waals surface area contributed by atoms with Crippen molar-refractivity contribution in [2.45, 2.75) is 62.3 Å². The second kappa shape index (κ2) is 9.69. The van der Waals surface area contributed by atoms with Gasteiger partial charge < -0.3 is 14.5 Å². The summed E-state index contributed by atoms with van der Waals surface area (Å²) in [5.74, 6) is -0.482. The molecule has 37 heavy (non-hydrogen) atoms. The third-order valence-electron chi connectivity index (χ3n) is 7.09. The highest BCUT2D eigenvalue weighted by atomic mass is 79.9. The monoisotopic (exact) mass is 611 g/mol. The number of nitrogens with one attached hydrogen (secondary N) is 1. The quantitative estimate of drug-likeness (QED) is 0.269. The van der Waals surface area contributed by atoms with Crippen LogP contribution >= 0.6 is 15.9 Å². The maximum atomic E-state index is 14.3. The Hall–Kier alpha value is -1.89. The Morgan fingerprint density at radius 2 is 1.41 bits per heavy atom. The molecular formula is C25H28BrF6NO3Si. The van der Waals surface area contributed by atoms with Crippen molar-refractivity contribution in [3.8, 4) is 0 Å². The van der Waals surface area contributed by atoms with Crippen molar-refractivity contribution in [2.75, 3.05) is 18.5 Å². The molecular weight excluding hydrogens is 584 g/mol. The molecule has 1 saturated heterocycles. The number of anilines is 1. The largest absolute Gasteiger partial charge is 0.429 e. The van der Waals surface area contributed by atoms with Crippen LogP contribution in [0.3, 0.4) is 0 Å². The molecule has 1 heterocycles. The molecule has 0 atom stereocenters. The zero-order valence-corrected chi connectivity index (χ0v) is 23.5. The number of alkyl halides is 6. The average molecular weight is 612 g/mol. The normalized spacial score (nSPS) is 16.8. The van der Waals surface area contributed by atoms with E-state index in [-0.39, 0.29) is 18.9 Å². The van der Waals surface area contributed by atoms with Crippen LogP contribution in [0, 0.1) is 0 Å². The van der Waals surface area contributed by atoms with E-state index in [1.54, 1.807) is 45.0 Å². The molecule has 2 aromatic rings. The minimum absolute atomic E-state index is 0.0442. The number of halogens is 7. The van der Waals surface area contributed by atoms with Crippen molar-refractivity contribution >= 4 is 35.8 Å². The third kappa shape index (κ3) is 5.34.